The van der Waals surface area contributed by atoms with Crippen molar-refractivity contribution in [3.05, 3.63) is 34.3 Å². The Balaban J connectivity index is 0.00000196. The number of carboxylic acids is 1. The molecule has 0 spiro atoms. The van der Waals surface area contributed by atoms with E-state index < -0.39 is 18.8 Å². The fourth-order valence-electron chi connectivity index (χ4n) is 0.775. The van der Waals surface area contributed by atoms with Gasteiger partial charge in [0.15, 0.2) is 0 Å². The van der Waals surface area contributed by atoms with E-state index in [-0.39, 0.29) is 51.4 Å². The van der Waals surface area contributed by atoms with E-state index in [2.05, 4.69) is 15.9 Å². The number of benzene rings is 1. The third kappa shape index (κ3) is 5.99. The van der Waals surface area contributed by atoms with Crippen LogP contribution in [0.2, 0.25) is 0 Å². The van der Waals surface area contributed by atoms with E-state index >= 15 is 0 Å². The third-order valence-electron chi connectivity index (χ3n) is 1.26. The van der Waals surface area contributed by atoms with Gasteiger partial charge >= 0.3 is 51.4 Å². The molecule has 0 aliphatic rings. The molecule has 2 nitrogen and oxygen atoms in total. The molecular weight excluding hydrogens is 259 g/mol. The van der Waals surface area contributed by atoms with Gasteiger partial charge in [0.25, 0.3) is 0 Å². The first-order valence-electron chi connectivity index (χ1n) is 4.48. The van der Waals surface area contributed by atoms with Gasteiger partial charge in [-0.05, 0) is 30.5 Å². The van der Waals surface area contributed by atoms with Crippen molar-refractivity contribution in [2.45, 2.75) is 12.8 Å². The molecule has 4 heteroatoms. The van der Waals surface area contributed by atoms with Crippen LogP contribution < -0.4 is 56.5 Å². The minimum absolute atomic E-state index is 0. The van der Waals surface area contributed by atoms with E-state index in [1.54, 1.807) is 24.3 Å². The van der Waals surface area contributed by atoms with Crippen molar-refractivity contribution in [1.82, 2.24) is 0 Å². The van der Waals surface area contributed by atoms with Crippen molar-refractivity contribution in [2.75, 3.05) is 0 Å². The van der Waals surface area contributed by atoms with E-state index in [0.717, 1.165) is 4.47 Å². The van der Waals surface area contributed by atoms with Crippen molar-refractivity contribution in [3.8, 4) is 0 Å². The smallest absolute Gasteiger partial charge is 0.550 e. The number of aryl methyl sites for hydroxylation is 1. The molecule has 0 aliphatic heterocycles. The summed E-state index contributed by atoms with van der Waals surface area (Å²) in [4.78, 5) is 10.4. The molecule has 0 bridgehead atoms. The number of carbonyl (C=O) groups excluding carboxylic acids is 1. The monoisotopic (exact) mass is 268 g/mol. The van der Waals surface area contributed by atoms with Crippen LogP contribution in [0.25, 0.3) is 0 Å². The van der Waals surface area contributed by atoms with Crippen molar-refractivity contribution < 1.29 is 64.0 Å². The Morgan fingerprint density at radius 2 is 2.31 bits per heavy atom. The van der Waals surface area contributed by atoms with Crippen molar-refractivity contribution in [1.29, 1.82) is 0 Å². The third-order valence-corrected chi connectivity index (χ3v) is 1.75. The second kappa shape index (κ2) is 7.14. The average molecular weight is 269 g/mol. The van der Waals surface area contributed by atoms with E-state index in [1.165, 1.54) is 0 Å². The van der Waals surface area contributed by atoms with Crippen LogP contribution in [0.15, 0.2) is 28.7 Å². The molecule has 1 rings (SSSR count). The maximum absolute atomic E-state index is 10.4. The number of aliphatic carboxylic acids is 1. The van der Waals surface area contributed by atoms with Crippen molar-refractivity contribution in [3.63, 3.8) is 0 Å². The summed E-state index contributed by atoms with van der Waals surface area (Å²) >= 11 is 3.21. The Kier molecular flexibility index (Phi) is 5.68. The second-order valence-electron chi connectivity index (χ2n) is 2.21. The summed E-state index contributed by atoms with van der Waals surface area (Å²) in [5.41, 5.74) is 0.489. The molecule has 0 aromatic heterocycles. The molecule has 0 N–H and O–H groups in total. The van der Waals surface area contributed by atoms with E-state index in [4.69, 9.17) is 2.74 Å². The summed E-state index contributed by atoms with van der Waals surface area (Å²) in [5.74, 6) is -1.52. The molecule has 2 atom stereocenters. The maximum atomic E-state index is 10.4. The van der Waals surface area contributed by atoms with Gasteiger partial charge < -0.3 is 9.90 Å². The van der Waals surface area contributed by atoms with E-state index in [9.17, 15) is 9.90 Å². The SMILES string of the molecule is [2H]C(C(=O)[O-])C([2H])c1cccc(Br)c1.[K+]. The molecule has 0 amide bonds. The average Bonchev–Trinajstić information content (AvgIpc) is 2.15. The number of carboxylic acid groups (broad SMARTS) is 1. The van der Waals surface area contributed by atoms with Gasteiger partial charge in [-0.1, -0.05) is 28.1 Å². The Morgan fingerprint density at radius 1 is 1.62 bits per heavy atom. The maximum Gasteiger partial charge on any atom is 1.00 e. The molecule has 0 aliphatic carbocycles. The van der Waals surface area contributed by atoms with Gasteiger partial charge in [0.05, 0.1) is 0 Å². The molecular formula is C9H8BrKO2. The van der Waals surface area contributed by atoms with Gasteiger partial charge in [-0.2, -0.15) is 0 Å². The van der Waals surface area contributed by atoms with Gasteiger partial charge in [-0.25, -0.2) is 0 Å². The van der Waals surface area contributed by atoms with Crippen LogP contribution in [0.3, 0.4) is 0 Å². The van der Waals surface area contributed by atoms with Crippen LogP contribution in [0, 0.1) is 0 Å². The number of hydrogen-bond acceptors (Lipinski definition) is 2. The van der Waals surface area contributed by atoms with Crippen LogP contribution in [-0.2, 0) is 11.2 Å². The zero-order chi connectivity index (χ0) is 10.7. The Bertz CT molecular complexity index is 349. The van der Waals surface area contributed by atoms with Gasteiger partial charge in [-0.15, -0.1) is 0 Å². The largest absolute Gasteiger partial charge is 1.00 e. The summed E-state index contributed by atoms with van der Waals surface area (Å²) in [5, 5.41) is 10.4. The Hall–Kier alpha value is 0.806. The first-order chi connectivity index (χ1) is 6.52. The summed E-state index contributed by atoms with van der Waals surface area (Å²) < 4.78 is 15.5. The Morgan fingerprint density at radius 3 is 2.85 bits per heavy atom. The molecule has 1 aromatic rings. The molecule has 64 valence electrons. The van der Waals surface area contributed by atoms with Crippen LogP contribution in [-0.4, -0.2) is 5.97 Å². The zero-order valence-electron chi connectivity index (χ0n) is 9.16. The van der Waals surface area contributed by atoms with Crippen molar-refractivity contribution >= 4 is 21.9 Å². The minimum Gasteiger partial charge on any atom is -0.550 e. The molecule has 0 saturated carbocycles. The predicted octanol–water partition coefficient (Wildman–Crippen LogP) is -1.86. The molecule has 13 heavy (non-hydrogen) atoms. The Labute approximate surface area is 131 Å². The van der Waals surface area contributed by atoms with Crippen LogP contribution in [0.1, 0.15) is 14.7 Å². The minimum atomic E-state index is -1.55. The van der Waals surface area contributed by atoms with Gasteiger partial charge in [0.2, 0.25) is 0 Å². The summed E-state index contributed by atoms with van der Waals surface area (Å²) in [6.07, 6.45) is -2.67. The van der Waals surface area contributed by atoms with Crippen molar-refractivity contribution in [2.24, 2.45) is 0 Å². The van der Waals surface area contributed by atoms with Gasteiger partial charge in [-0.3, -0.25) is 0 Å². The number of halogens is 1. The fraction of sp³-hybridized carbons (Fsp3) is 0.222. The normalized spacial score (nSPS) is 16.1. The fourth-order valence-corrected chi connectivity index (χ4v) is 1.19. The molecule has 1 aromatic carbocycles. The topological polar surface area (TPSA) is 40.1 Å². The molecule has 2 unspecified atom stereocenters. The number of carbonyl (C=O) groups is 1. The number of rotatable bonds is 3. The zero-order valence-corrected chi connectivity index (χ0v) is 11.9. The quantitative estimate of drug-likeness (QED) is 0.604. The van der Waals surface area contributed by atoms with Crippen LogP contribution >= 0.6 is 15.9 Å². The first-order valence-corrected chi connectivity index (χ1v) is 4.12. The standard InChI is InChI=1S/C9H9BrO2.K/c10-8-3-1-2-7(6-8)4-5-9(11)12;/h1-3,6H,4-5H2,(H,11,12);/q;+1/p-1/i4D,5D;. The molecule has 0 heterocycles. The van der Waals surface area contributed by atoms with Gasteiger partial charge in [0.1, 0.15) is 0 Å². The van der Waals surface area contributed by atoms with Crippen LogP contribution in [0.5, 0.6) is 0 Å². The van der Waals surface area contributed by atoms with Gasteiger partial charge in [0, 0.05) is 13.2 Å². The summed E-state index contributed by atoms with van der Waals surface area (Å²) in [6, 6.07) is 6.71. The molecule has 0 radical (unpaired) electrons. The van der Waals surface area contributed by atoms with Crippen LogP contribution in [0.4, 0.5) is 0 Å². The van der Waals surface area contributed by atoms with E-state index in [0.29, 0.717) is 5.56 Å². The molecule has 0 saturated heterocycles. The number of hydrogen-bond donors (Lipinski definition) is 0. The summed E-state index contributed by atoms with van der Waals surface area (Å²) in [7, 11) is 0. The second-order valence-corrected chi connectivity index (χ2v) is 3.12. The first kappa shape index (κ1) is 10.3. The van der Waals surface area contributed by atoms with E-state index in [1.807, 2.05) is 0 Å². The summed E-state index contributed by atoms with van der Waals surface area (Å²) in [6.45, 7) is 0. The predicted molar refractivity (Wildman–Crippen MR) is 47.5 cm³/mol. The molecule has 0 fully saturated rings.